The molecular weight excluding hydrogens is 324 g/mol. The van der Waals surface area contributed by atoms with Crippen LogP contribution in [0, 0.1) is 5.92 Å². The molecule has 0 bridgehead atoms. The van der Waals surface area contributed by atoms with E-state index in [2.05, 4.69) is 34.3 Å². The Kier molecular flexibility index (Phi) is 4.87. The van der Waals surface area contributed by atoms with Gasteiger partial charge in [0.25, 0.3) is 0 Å². The highest BCUT2D eigenvalue weighted by Crippen LogP contribution is 2.49. The number of carbonyl (C=O) groups is 1. The first-order chi connectivity index (χ1) is 11.5. The van der Waals surface area contributed by atoms with Gasteiger partial charge in [0.2, 0.25) is 15.9 Å². The second-order valence-corrected chi connectivity index (χ2v) is 8.16. The van der Waals surface area contributed by atoms with Crippen LogP contribution in [-0.4, -0.2) is 33.7 Å². The Morgan fingerprint density at radius 3 is 2.67 bits per heavy atom. The van der Waals surface area contributed by atoms with Crippen molar-refractivity contribution >= 4 is 26.7 Å². The van der Waals surface area contributed by atoms with E-state index < -0.39 is 10.0 Å². The summed E-state index contributed by atoms with van der Waals surface area (Å²) in [5.74, 6) is 0.371. The summed E-state index contributed by atoms with van der Waals surface area (Å²) in [5.41, 5.74) is 1.24. The van der Waals surface area contributed by atoms with Crippen molar-refractivity contribution < 1.29 is 13.2 Å². The molecule has 24 heavy (non-hydrogen) atoms. The molecule has 1 aliphatic carbocycles. The highest BCUT2D eigenvalue weighted by molar-refractivity contribution is 7.88. The topological polar surface area (TPSA) is 75.3 Å². The fourth-order valence-corrected chi connectivity index (χ4v) is 3.61. The Labute approximate surface area is 142 Å². The molecule has 2 atom stereocenters. The van der Waals surface area contributed by atoms with Crippen LogP contribution in [0.4, 0.5) is 0 Å². The maximum absolute atomic E-state index is 12.2. The van der Waals surface area contributed by atoms with Crippen molar-refractivity contribution in [3.63, 3.8) is 0 Å². The van der Waals surface area contributed by atoms with E-state index in [0.29, 0.717) is 19.5 Å². The molecule has 0 saturated heterocycles. The molecule has 1 amide bonds. The Balaban J connectivity index is 1.52. The zero-order valence-corrected chi connectivity index (χ0v) is 14.5. The van der Waals surface area contributed by atoms with Gasteiger partial charge in [0.15, 0.2) is 0 Å². The van der Waals surface area contributed by atoms with Crippen molar-refractivity contribution in [2.75, 3.05) is 19.3 Å². The van der Waals surface area contributed by atoms with Crippen LogP contribution in [0.1, 0.15) is 24.3 Å². The molecule has 2 aromatic carbocycles. The van der Waals surface area contributed by atoms with E-state index in [9.17, 15) is 13.2 Å². The zero-order valence-electron chi connectivity index (χ0n) is 13.7. The number of hydrogen-bond donors (Lipinski definition) is 2. The summed E-state index contributed by atoms with van der Waals surface area (Å²) in [6, 6.07) is 14.5. The van der Waals surface area contributed by atoms with Crippen LogP contribution >= 0.6 is 0 Å². The van der Waals surface area contributed by atoms with Gasteiger partial charge in [0.1, 0.15) is 0 Å². The van der Waals surface area contributed by atoms with E-state index in [1.54, 1.807) is 0 Å². The van der Waals surface area contributed by atoms with E-state index >= 15 is 0 Å². The Morgan fingerprint density at radius 2 is 1.88 bits per heavy atom. The second kappa shape index (κ2) is 6.91. The molecule has 2 N–H and O–H groups in total. The fraction of sp³-hybridized carbons (Fsp3) is 0.389. The number of nitrogens with one attached hydrogen (secondary N) is 2. The molecule has 128 valence electrons. The van der Waals surface area contributed by atoms with E-state index in [1.165, 1.54) is 16.3 Å². The zero-order chi connectivity index (χ0) is 17.2. The lowest BCUT2D eigenvalue weighted by Crippen LogP contribution is -2.30. The highest BCUT2D eigenvalue weighted by atomic mass is 32.2. The van der Waals surface area contributed by atoms with Crippen LogP contribution in [-0.2, 0) is 14.8 Å². The molecule has 0 spiro atoms. The molecule has 0 radical (unpaired) electrons. The lowest BCUT2D eigenvalue weighted by Gasteiger charge is -2.07. The van der Waals surface area contributed by atoms with E-state index in [1.807, 2.05) is 18.2 Å². The minimum atomic E-state index is -3.16. The maximum Gasteiger partial charge on any atom is 0.223 e. The van der Waals surface area contributed by atoms with Gasteiger partial charge in [-0.05, 0) is 35.1 Å². The van der Waals surface area contributed by atoms with Crippen molar-refractivity contribution in [3.05, 3.63) is 48.0 Å². The summed E-state index contributed by atoms with van der Waals surface area (Å²) in [5, 5.41) is 5.33. The normalized spacial score (nSPS) is 20.0. The maximum atomic E-state index is 12.2. The average Bonchev–Trinajstić information content (AvgIpc) is 3.33. The van der Waals surface area contributed by atoms with Gasteiger partial charge < -0.3 is 5.32 Å². The average molecular weight is 346 g/mol. The van der Waals surface area contributed by atoms with Gasteiger partial charge in [0, 0.05) is 19.0 Å². The number of sulfonamides is 1. The minimum absolute atomic E-state index is 0.0265. The number of benzene rings is 2. The number of amides is 1. The van der Waals surface area contributed by atoms with Gasteiger partial charge in [0.05, 0.1) is 6.26 Å². The molecule has 0 unspecified atom stereocenters. The quantitative estimate of drug-likeness (QED) is 0.753. The molecule has 5 nitrogen and oxygen atoms in total. The van der Waals surface area contributed by atoms with Gasteiger partial charge in [-0.3, -0.25) is 4.79 Å². The predicted octanol–water partition coefficient (Wildman–Crippen LogP) is 2.00. The summed E-state index contributed by atoms with van der Waals surface area (Å²) in [7, 11) is -3.16. The first-order valence-electron chi connectivity index (χ1n) is 8.16. The first kappa shape index (κ1) is 16.9. The lowest BCUT2D eigenvalue weighted by molar-refractivity contribution is -0.122. The third-order valence-corrected chi connectivity index (χ3v) is 5.10. The SMILES string of the molecule is CS(=O)(=O)NCCCNC(=O)[C@H]1C[C@H]1c1cccc2ccccc12. The summed E-state index contributed by atoms with van der Waals surface area (Å²) in [6.45, 7) is 0.830. The molecule has 0 aliphatic heterocycles. The third kappa shape index (κ3) is 4.13. The molecule has 1 saturated carbocycles. The smallest absolute Gasteiger partial charge is 0.223 e. The molecule has 1 fully saturated rings. The summed E-state index contributed by atoms with van der Waals surface area (Å²) in [4.78, 5) is 12.2. The van der Waals surface area contributed by atoms with Crippen LogP contribution in [0.2, 0.25) is 0 Å². The summed E-state index contributed by atoms with van der Waals surface area (Å²) in [6.07, 6.45) is 2.59. The molecule has 0 aromatic heterocycles. The number of fused-ring (bicyclic) bond motifs is 1. The minimum Gasteiger partial charge on any atom is -0.356 e. The Morgan fingerprint density at radius 1 is 1.12 bits per heavy atom. The summed E-state index contributed by atoms with van der Waals surface area (Å²) >= 11 is 0. The number of carbonyl (C=O) groups excluding carboxylic acids is 1. The molecule has 6 heteroatoms. The van der Waals surface area contributed by atoms with Gasteiger partial charge in [-0.2, -0.15) is 0 Å². The number of hydrogen-bond acceptors (Lipinski definition) is 3. The van der Waals surface area contributed by atoms with Crippen molar-refractivity contribution in [3.8, 4) is 0 Å². The van der Waals surface area contributed by atoms with Crippen LogP contribution in [0.25, 0.3) is 10.8 Å². The Bertz CT molecular complexity index is 843. The van der Waals surface area contributed by atoms with Crippen LogP contribution in [0.5, 0.6) is 0 Å². The third-order valence-electron chi connectivity index (χ3n) is 4.37. The second-order valence-electron chi connectivity index (χ2n) is 6.33. The molecular formula is C18H22N2O3S. The van der Waals surface area contributed by atoms with Crippen LogP contribution < -0.4 is 10.0 Å². The van der Waals surface area contributed by atoms with Gasteiger partial charge in [-0.1, -0.05) is 42.5 Å². The van der Waals surface area contributed by atoms with Gasteiger partial charge in [-0.25, -0.2) is 13.1 Å². The first-order valence-corrected chi connectivity index (χ1v) is 10.0. The monoisotopic (exact) mass is 346 g/mol. The largest absolute Gasteiger partial charge is 0.356 e. The number of rotatable bonds is 7. The van der Waals surface area contributed by atoms with Crippen molar-refractivity contribution in [2.45, 2.75) is 18.8 Å². The van der Waals surface area contributed by atoms with Crippen LogP contribution in [0.15, 0.2) is 42.5 Å². The van der Waals surface area contributed by atoms with E-state index in [0.717, 1.165) is 12.7 Å². The van der Waals surface area contributed by atoms with Crippen molar-refractivity contribution in [2.24, 2.45) is 5.92 Å². The van der Waals surface area contributed by atoms with E-state index in [-0.39, 0.29) is 17.7 Å². The summed E-state index contributed by atoms with van der Waals surface area (Å²) < 4.78 is 24.3. The predicted molar refractivity (Wildman–Crippen MR) is 95.3 cm³/mol. The van der Waals surface area contributed by atoms with E-state index in [4.69, 9.17) is 0 Å². The molecule has 3 rings (SSSR count). The fourth-order valence-electron chi connectivity index (χ4n) is 3.09. The molecule has 0 heterocycles. The molecule has 2 aromatic rings. The standard InChI is InChI=1S/C18H22N2O3S/c1-24(22,23)20-11-5-10-19-18(21)17-12-16(17)15-9-4-7-13-6-2-3-8-14(13)15/h2-4,6-9,16-17,20H,5,10-12H2,1H3,(H,19,21)/t16-,17-/m0/s1. The van der Waals surface area contributed by atoms with Crippen molar-refractivity contribution in [1.29, 1.82) is 0 Å². The van der Waals surface area contributed by atoms with Gasteiger partial charge in [-0.15, -0.1) is 0 Å². The Hall–Kier alpha value is -1.92. The van der Waals surface area contributed by atoms with Crippen molar-refractivity contribution in [1.82, 2.24) is 10.0 Å². The van der Waals surface area contributed by atoms with Gasteiger partial charge >= 0.3 is 0 Å². The lowest BCUT2D eigenvalue weighted by atomic mass is 10.00. The molecule has 1 aliphatic rings. The highest BCUT2D eigenvalue weighted by Gasteiger charge is 2.44. The van der Waals surface area contributed by atoms with Crippen LogP contribution in [0.3, 0.4) is 0 Å².